The van der Waals surface area contributed by atoms with Gasteiger partial charge in [0.05, 0.1) is 13.2 Å². The second-order valence-corrected chi connectivity index (χ2v) is 13.0. The van der Waals surface area contributed by atoms with Gasteiger partial charge in [-0.2, -0.15) is 0 Å². The first-order valence-corrected chi connectivity index (χ1v) is 19.6. The van der Waals surface area contributed by atoms with Crippen LogP contribution < -0.4 is 0 Å². The van der Waals surface area contributed by atoms with E-state index in [0.717, 1.165) is 38.5 Å². The number of aliphatic hydroxyl groups excluding tert-OH is 1. The van der Waals surface area contributed by atoms with E-state index >= 15 is 0 Å². The van der Waals surface area contributed by atoms with Gasteiger partial charge in [0, 0.05) is 13.0 Å². The Morgan fingerprint density at radius 3 is 1.51 bits per heavy atom. The smallest absolute Gasteiger partial charge is 0.306 e. The third-order valence-corrected chi connectivity index (χ3v) is 8.48. The molecule has 0 aliphatic carbocycles. The molecule has 0 fully saturated rings. The zero-order valence-electron chi connectivity index (χ0n) is 30.1. The van der Waals surface area contributed by atoms with E-state index in [4.69, 9.17) is 9.47 Å². The first-order valence-electron chi connectivity index (χ1n) is 19.6. The first-order chi connectivity index (χ1) is 22.2. The molecule has 0 saturated carbocycles. The summed E-state index contributed by atoms with van der Waals surface area (Å²) < 4.78 is 11.1. The van der Waals surface area contributed by atoms with Gasteiger partial charge in [0.15, 0.2) is 0 Å². The lowest BCUT2D eigenvalue weighted by Gasteiger charge is -2.16. The van der Waals surface area contributed by atoms with Gasteiger partial charge in [-0.25, -0.2) is 0 Å². The fourth-order valence-corrected chi connectivity index (χ4v) is 5.58. The molecule has 4 heteroatoms. The quantitative estimate of drug-likeness (QED) is 0.0424. The molecular formula is C41H76O4. The van der Waals surface area contributed by atoms with Crippen LogP contribution in [0.3, 0.4) is 0 Å². The van der Waals surface area contributed by atoms with Crippen molar-refractivity contribution in [3.05, 3.63) is 36.5 Å². The molecule has 0 aromatic rings. The molecule has 1 unspecified atom stereocenters. The van der Waals surface area contributed by atoms with Gasteiger partial charge in [0.2, 0.25) is 0 Å². The second-order valence-electron chi connectivity index (χ2n) is 13.0. The second kappa shape index (κ2) is 38.8. The van der Waals surface area contributed by atoms with Crippen molar-refractivity contribution >= 4 is 5.97 Å². The number of carbonyl (C=O) groups is 1. The summed E-state index contributed by atoms with van der Waals surface area (Å²) in [5.41, 5.74) is 0. The SMILES string of the molecule is CC/C=C\C/C=C\C/C=C\CCCCCCCCCCOCC(CO)OC(=O)CCCCCCCCCCCCCCCCC. The third kappa shape index (κ3) is 36.9. The van der Waals surface area contributed by atoms with Gasteiger partial charge in [-0.05, 0) is 44.9 Å². The Bertz CT molecular complexity index is 668. The molecule has 0 bridgehead atoms. The molecule has 0 aromatic heterocycles. The lowest BCUT2D eigenvalue weighted by molar-refractivity contribution is -0.154. The number of allylic oxidation sites excluding steroid dienone is 6. The van der Waals surface area contributed by atoms with Crippen molar-refractivity contribution in [1.29, 1.82) is 0 Å². The van der Waals surface area contributed by atoms with E-state index in [0.29, 0.717) is 19.6 Å². The zero-order chi connectivity index (χ0) is 32.7. The van der Waals surface area contributed by atoms with Crippen LogP contribution in [0.25, 0.3) is 0 Å². The Morgan fingerprint density at radius 1 is 0.556 bits per heavy atom. The van der Waals surface area contributed by atoms with Crippen molar-refractivity contribution in [3.63, 3.8) is 0 Å². The van der Waals surface area contributed by atoms with Crippen molar-refractivity contribution in [2.75, 3.05) is 19.8 Å². The fourth-order valence-electron chi connectivity index (χ4n) is 5.58. The molecule has 4 nitrogen and oxygen atoms in total. The average molecular weight is 633 g/mol. The Hall–Kier alpha value is -1.39. The Labute approximate surface area is 280 Å². The van der Waals surface area contributed by atoms with Gasteiger partial charge in [0.1, 0.15) is 6.10 Å². The summed E-state index contributed by atoms with van der Waals surface area (Å²) in [6, 6.07) is 0. The minimum atomic E-state index is -0.534. The fraction of sp³-hybridized carbons (Fsp3) is 0.829. The highest BCUT2D eigenvalue weighted by molar-refractivity contribution is 5.69. The van der Waals surface area contributed by atoms with Crippen molar-refractivity contribution in [2.45, 2.75) is 200 Å². The average Bonchev–Trinajstić information content (AvgIpc) is 3.05. The zero-order valence-corrected chi connectivity index (χ0v) is 30.1. The van der Waals surface area contributed by atoms with Gasteiger partial charge in [-0.1, -0.05) is 179 Å². The number of carbonyl (C=O) groups excluding carboxylic acids is 1. The van der Waals surface area contributed by atoms with Crippen LogP contribution in [0.1, 0.15) is 194 Å². The monoisotopic (exact) mass is 633 g/mol. The Kier molecular flexibility index (Phi) is 37.6. The van der Waals surface area contributed by atoms with Gasteiger partial charge in [-0.15, -0.1) is 0 Å². The maximum absolute atomic E-state index is 12.2. The van der Waals surface area contributed by atoms with Gasteiger partial charge < -0.3 is 14.6 Å². The molecule has 45 heavy (non-hydrogen) atoms. The molecule has 0 aliphatic rings. The molecule has 0 saturated heterocycles. The molecule has 0 rings (SSSR count). The minimum Gasteiger partial charge on any atom is -0.457 e. The Balaban J connectivity index is 3.43. The molecule has 0 aromatic carbocycles. The highest BCUT2D eigenvalue weighted by Crippen LogP contribution is 2.14. The number of hydrogen-bond donors (Lipinski definition) is 1. The van der Waals surface area contributed by atoms with E-state index < -0.39 is 6.10 Å². The highest BCUT2D eigenvalue weighted by atomic mass is 16.6. The van der Waals surface area contributed by atoms with Crippen LogP contribution in [0.15, 0.2) is 36.5 Å². The van der Waals surface area contributed by atoms with Crippen molar-refractivity contribution in [2.24, 2.45) is 0 Å². The van der Waals surface area contributed by atoms with Gasteiger partial charge in [0.25, 0.3) is 0 Å². The maximum Gasteiger partial charge on any atom is 0.306 e. The summed E-state index contributed by atoms with van der Waals surface area (Å²) in [6.07, 6.45) is 47.6. The van der Waals surface area contributed by atoms with Crippen molar-refractivity contribution < 1.29 is 19.4 Å². The lowest BCUT2D eigenvalue weighted by atomic mass is 10.0. The summed E-state index contributed by atoms with van der Waals surface area (Å²) in [6.45, 7) is 5.24. The summed E-state index contributed by atoms with van der Waals surface area (Å²) in [5, 5.41) is 9.57. The molecule has 0 spiro atoms. The Morgan fingerprint density at radius 2 is 1.00 bits per heavy atom. The van der Waals surface area contributed by atoms with Crippen molar-refractivity contribution in [3.8, 4) is 0 Å². The predicted octanol–water partition coefficient (Wildman–Crippen LogP) is 12.5. The number of ether oxygens (including phenoxy) is 2. The van der Waals surface area contributed by atoms with Crippen LogP contribution in [-0.2, 0) is 14.3 Å². The standard InChI is InChI=1S/C41H76O4/c1-3-5-7-9-11-13-15-17-19-20-21-23-25-27-29-31-33-35-37-44-39-40(38-42)45-41(43)36-34-32-30-28-26-24-22-18-16-14-12-10-8-6-4-2/h5,7,11,13,17,19,40,42H,3-4,6,8-10,12,14-16,18,20-39H2,1-2H3/b7-5-,13-11-,19-17-. The van der Waals surface area contributed by atoms with Crippen LogP contribution in [0, 0.1) is 0 Å². The molecule has 0 aliphatic heterocycles. The van der Waals surface area contributed by atoms with Crippen LogP contribution in [0.5, 0.6) is 0 Å². The third-order valence-electron chi connectivity index (χ3n) is 8.48. The van der Waals surface area contributed by atoms with E-state index in [1.165, 1.54) is 135 Å². The molecular weight excluding hydrogens is 556 g/mol. The number of aliphatic hydroxyl groups is 1. The maximum atomic E-state index is 12.2. The topological polar surface area (TPSA) is 55.8 Å². The van der Waals surface area contributed by atoms with Crippen LogP contribution in [0.2, 0.25) is 0 Å². The van der Waals surface area contributed by atoms with E-state index in [1.807, 2.05) is 0 Å². The van der Waals surface area contributed by atoms with Crippen LogP contribution in [0.4, 0.5) is 0 Å². The number of rotatable bonds is 36. The molecule has 0 radical (unpaired) electrons. The van der Waals surface area contributed by atoms with E-state index in [2.05, 4.69) is 50.3 Å². The van der Waals surface area contributed by atoms with Gasteiger partial charge in [-0.3, -0.25) is 4.79 Å². The van der Waals surface area contributed by atoms with Gasteiger partial charge >= 0.3 is 5.97 Å². The minimum absolute atomic E-state index is 0.172. The van der Waals surface area contributed by atoms with Crippen LogP contribution >= 0.6 is 0 Å². The van der Waals surface area contributed by atoms with Crippen molar-refractivity contribution in [1.82, 2.24) is 0 Å². The highest BCUT2D eigenvalue weighted by Gasteiger charge is 2.13. The summed E-state index contributed by atoms with van der Waals surface area (Å²) in [7, 11) is 0. The first kappa shape index (κ1) is 43.6. The molecule has 1 N–H and O–H groups in total. The largest absolute Gasteiger partial charge is 0.457 e. The molecule has 0 heterocycles. The molecule has 264 valence electrons. The molecule has 1 atom stereocenters. The normalized spacial score (nSPS) is 12.7. The number of esters is 1. The van der Waals surface area contributed by atoms with E-state index in [9.17, 15) is 9.90 Å². The number of unbranched alkanes of at least 4 members (excludes halogenated alkanes) is 22. The van der Waals surface area contributed by atoms with Crippen LogP contribution in [-0.4, -0.2) is 37.0 Å². The lowest BCUT2D eigenvalue weighted by Crippen LogP contribution is -2.27. The predicted molar refractivity (Wildman–Crippen MR) is 196 cm³/mol. The summed E-state index contributed by atoms with van der Waals surface area (Å²) in [5.74, 6) is -0.202. The molecule has 0 amide bonds. The van der Waals surface area contributed by atoms with E-state index in [1.54, 1.807) is 0 Å². The number of hydrogen-bond acceptors (Lipinski definition) is 4. The van der Waals surface area contributed by atoms with E-state index in [-0.39, 0.29) is 12.6 Å². The summed E-state index contributed by atoms with van der Waals surface area (Å²) in [4.78, 5) is 12.2. The summed E-state index contributed by atoms with van der Waals surface area (Å²) >= 11 is 0.